The lowest BCUT2D eigenvalue weighted by Crippen LogP contribution is -2.30. The molecule has 0 fully saturated rings. The smallest absolute Gasteiger partial charge is 0.339 e. The fourth-order valence-corrected chi connectivity index (χ4v) is 3.51. The third-order valence-electron chi connectivity index (χ3n) is 3.55. The molecule has 5 nitrogen and oxygen atoms in total. The molecule has 0 aliphatic carbocycles. The van der Waals surface area contributed by atoms with E-state index >= 15 is 0 Å². The number of aromatic nitrogens is 1. The van der Waals surface area contributed by atoms with Gasteiger partial charge in [-0.3, -0.25) is 10.1 Å². The maximum absolute atomic E-state index is 12.3. The molecule has 0 radical (unpaired) electrons. The lowest BCUT2D eigenvalue weighted by molar-refractivity contribution is -0.123. The maximum atomic E-state index is 12.3. The summed E-state index contributed by atoms with van der Waals surface area (Å²) in [4.78, 5) is 28.9. The van der Waals surface area contributed by atoms with Gasteiger partial charge in [-0.25, -0.2) is 9.78 Å². The monoisotopic (exact) mass is 478 g/mol. The number of benzene rings is 2. The normalized spacial score (nSPS) is 11.6. The van der Waals surface area contributed by atoms with Gasteiger partial charge >= 0.3 is 5.97 Å². The predicted octanol–water partition coefficient (Wildman–Crippen LogP) is 4.60. The first-order valence-electron chi connectivity index (χ1n) is 7.82. The van der Waals surface area contributed by atoms with E-state index in [4.69, 9.17) is 4.74 Å². The van der Waals surface area contributed by atoms with Crippen molar-refractivity contribution in [2.24, 2.45) is 0 Å². The third-order valence-corrected chi connectivity index (χ3v) is 5.25. The van der Waals surface area contributed by atoms with Crippen LogP contribution >= 0.6 is 33.9 Å². The van der Waals surface area contributed by atoms with Gasteiger partial charge in [0, 0.05) is 14.5 Å². The first-order valence-corrected chi connectivity index (χ1v) is 9.78. The van der Waals surface area contributed by atoms with Crippen molar-refractivity contribution in [1.29, 1.82) is 0 Å². The Labute approximate surface area is 168 Å². The number of hydrogen-bond donors (Lipinski definition) is 1. The zero-order valence-corrected chi connectivity index (χ0v) is 16.8. The molecule has 0 saturated heterocycles. The Balaban J connectivity index is 1.62. The standard InChI is InChI=1S/C19H15IN2O3S/c1-12(25-18(24)14-9-5-6-10-15(14)20)17(23)22-19-21-16(11-26-19)13-7-3-2-4-8-13/h2-12H,1H3,(H,21,22,23). The highest BCUT2D eigenvalue weighted by atomic mass is 127. The molecule has 0 saturated carbocycles. The van der Waals surface area contributed by atoms with Gasteiger partial charge < -0.3 is 4.74 Å². The predicted molar refractivity (Wildman–Crippen MR) is 110 cm³/mol. The quantitative estimate of drug-likeness (QED) is 0.430. The number of ether oxygens (including phenoxy) is 1. The molecule has 1 N–H and O–H groups in total. The van der Waals surface area contributed by atoms with E-state index in [2.05, 4.69) is 32.9 Å². The van der Waals surface area contributed by atoms with Gasteiger partial charge in [-0.1, -0.05) is 42.5 Å². The number of anilines is 1. The van der Waals surface area contributed by atoms with Crippen LogP contribution < -0.4 is 5.32 Å². The molecule has 0 spiro atoms. The Bertz CT molecular complexity index is 927. The number of halogens is 1. The second-order valence-corrected chi connectivity index (χ2v) is 7.44. The van der Waals surface area contributed by atoms with E-state index in [0.29, 0.717) is 10.7 Å². The molecule has 26 heavy (non-hydrogen) atoms. The summed E-state index contributed by atoms with van der Waals surface area (Å²) in [7, 11) is 0. The van der Waals surface area contributed by atoms with Crippen molar-refractivity contribution in [1.82, 2.24) is 4.98 Å². The van der Waals surface area contributed by atoms with Crippen LogP contribution in [0.3, 0.4) is 0 Å². The van der Waals surface area contributed by atoms with Gasteiger partial charge in [-0.15, -0.1) is 11.3 Å². The van der Waals surface area contributed by atoms with Crippen LogP contribution in [0.15, 0.2) is 60.0 Å². The first-order chi connectivity index (χ1) is 12.5. The second kappa shape index (κ2) is 8.41. The number of hydrogen-bond acceptors (Lipinski definition) is 5. The highest BCUT2D eigenvalue weighted by Gasteiger charge is 2.21. The molecular formula is C19H15IN2O3S. The summed E-state index contributed by atoms with van der Waals surface area (Å²) in [5.41, 5.74) is 2.20. The molecule has 132 valence electrons. The van der Waals surface area contributed by atoms with Crippen molar-refractivity contribution in [3.05, 3.63) is 69.1 Å². The van der Waals surface area contributed by atoms with Crippen molar-refractivity contribution in [2.75, 3.05) is 5.32 Å². The fourth-order valence-electron chi connectivity index (χ4n) is 2.18. The second-order valence-electron chi connectivity index (χ2n) is 5.42. The average molecular weight is 478 g/mol. The zero-order chi connectivity index (χ0) is 18.5. The van der Waals surface area contributed by atoms with E-state index in [0.717, 1.165) is 14.8 Å². The van der Waals surface area contributed by atoms with Crippen LogP contribution in [-0.2, 0) is 9.53 Å². The van der Waals surface area contributed by atoms with E-state index in [9.17, 15) is 9.59 Å². The summed E-state index contributed by atoms with van der Waals surface area (Å²) < 4.78 is 6.04. The third kappa shape index (κ3) is 4.47. The molecule has 0 bridgehead atoms. The number of thiazole rings is 1. The lowest BCUT2D eigenvalue weighted by atomic mass is 10.2. The Hall–Kier alpha value is -2.26. The molecule has 7 heteroatoms. The van der Waals surface area contributed by atoms with Crippen molar-refractivity contribution < 1.29 is 14.3 Å². The van der Waals surface area contributed by atoms with E-state index in [1.165, 1.54) is 18.3 Å². The molecule has 1 atom stereocenters. The number of nitrogens with zero attached hydrogens (tertiary/aromatic N) is 1. The Morgan fingerprint density at radius 2 is 1.81 bits per heavy atom. The summed E-state index contributed by atoms with van der Waals surface area (Å²) >= 11 is 3.38. The van der Waals surface area contributed by atoms with Crippen molar-refractivity contribution >= 4 is 50.9 Å². The summed E-state index contributed by atoms with van der Waals surface area (Å²) in [6.07, 6.45) is -0.928. The number of carbonyl (C=O) groups excluding carboxylic acids is 2. The molecule has 1 amide bonds. The van der Waals surface area contributed by atoms with Crippen LogP contribution in [0.25, 0.3) is 11.3 Å². The van der Waals surface area contributed by atoms with Gasteiger partial charge in [0.2, 0.25) is 0 Å². The maximum Gasteiger partial charge on any atom is 0.339 e. The number of carbonyl (C=O) groups is 2. The minimum Gasteiger partial charge on any atom is -0.449 e. The highest BCUT2D eigenvalue weighted by molar-refractivity contribution is 14.1. The summed E-state index contributed by atoms with van der Waals surface area (Å²) in [6.45, 7) is 1.54. The van der Waals surface area contributed by atoms with Crippen LogP contribution in [-0.4, -0.2) is 23.0 Å². The van der Waals surface area contributed by atoms with Gasteiger partial charge in [0.05, 0.1) is 11.3 Å². The molecule has 2 aromatic carbocycles. The van der Waals surface area contributed by atoms with E-state index in [-0.39, 0.29) is 0 Å². The first kappa shape index (κ1) is 18.5. The van der Waals surface area contributed by atoms with Crippen molar-refractivity contribution in [3.8, 4) is 11.3 Å². The Morgan fingerprint density at radius 3 is 2.54 bits per heavy atom. The van der Waals surface area contributed by atoms with Crippen LogP contribution in [0.5, 0.6) is 0 Å². The van der Waals surface area contributed by atoms with Crippen molar-refractivity contribution in [2.45, 2.75) is 13.0 Å². The molecule has 1 heterocycles. The Morgan fingerprint density at radius 1 is 1.12 bits per heavy atom. The van der Waals surface area contributed by atoms with Gasteiger partial charge in [0.25, 0.3) is 5.91 Å². The van der Waals surface area contributed by atoms with Crippen LogP contribution in [0.4, 0.5) is 5.13 Å². The number of esters is 1. The fraction of sp³-hybridized carbons (Fsp3) is 0.105. The van der Waals surface area contributed by atoms with E-state index in [1.54, 1.807) is 12.1 Å². The number of nitrogens with one attached hydrogen (secondary N) is 1. The number of amides is 1. The minimum atomic E-state index is -0.928. The highest BCUT2D eigenvalue weighted by Crippen LogP contribution is 2.24. The van der Waals surface area contributed by atoms with Gasteiger partial charge in [0.15, 0.2) is 11.2 Å². The summed E-state index contributed by atoms with van der Waals surface area (Å²) in [5.74, 6) is -0.944. The molecule has 1 unspecified atom stereocenters. The average Bonchev–Trinajstić information content (AvgIpc) is 3.11. The molecule has 1 aromatic heterocycles. The van der Waals surface area contributed by atoms with E-state index in [1.807, 2.05) is 47.8 Å². The molecule has 3 rings (SSSR count). The van der Waals surface area contributed by atoms with Gasteiger partial charge in [0.1, 0.15) is 0 Å². The minimum absolute atomic E-state index is 0.418. The topological polar surface area (TPSA) is 68.3 Å². The summed E-state index contributed by atoms with van der Waals surface area (Å²) in [6, 6.07) is 16.8. The molecule has 0 aliphatic rings. The number of rotatable bonds is 5. The van der Waals surface area contributed by atoms with Crippen LogP contribution in [0.1, 0.15) is 17.3 Å². The summed E-state index contributed by atoms with van der Waals surface area (Å²) in [5, 5.41) is 5.03. The van der Waals surface area contributed by atoms with Gasteiger partial charge in [-0.05, 0) is 41.6 Å². The van der Waals surface area contributed by atoms with Crippen LogP contribution in [0, 0.1) is 3.57 Å². The van der Waals surface area contributed by atoms with Gasteiger partial charge in [-0.2, -0.15) is 0 Å². The zero-order valence-electron chi connectivity index (χ0n) is 13.8. The van der Waals surface area contributed by atoms with Crippen LogP contribution in [0.2, 0.25) is 0 Å². The Kier molecular flexibility index (Phi) is 6.00. The molecule has 0 aliphatic heterocycles. The SMILES string of the molecule is CC(OC(=O)c1ccccc1I)C(=O)Nc1nc(-c2ccccc2)cs1. The van der Waals surface area contributed by atoms with Crippen molar-refractivity contribution in [3.63, 3.8) is 0 Å². The molecule has 3 aromatic rings. The molecular weight excluding hydrogens is 463 g/mol. The lowest BCUT2D eigenvalue weighted by Gasteiger charge is -2.13. The largest absolute Gasteiger partial charge is 0.449 e. The van der Waals surface area contributed by atoms with E-state index < -0.39 is 18.0 Å².